The Kier molecular flexibility index (Phi) is 5.98. The van der Waals surface area contributed by atoms with Gasteiger partial charge in [0, 0.05) is 20.9 Å². The summed E-state index contributed by atoms with van der Waals surface area (Å²) in [5, 5.41) is 5.48. The molecule has 3 aromatic rings. The fraction of sp³-hybridized carbons (Fsp3) is 0.150. The standard InChI is InChI=1S/C20H17ClF2N2OS2/c1-20(2,28(3)14-7-5-13(21)6-8-14)18(26)25-19-24-17(11-27-19)12-4-9-15(22)16(23)10-12/h4-11H,3H2,1-2H3,(H,24,25,26). The summed E-state index contributed by atoms with van der Waals surface area (Å²) in [6, 6.07) is 10.8. The molecule has 0 aliphatic heterocycles. The normalized spacial score (nSPS) is 12.6. The molecule has 1 amide bonds. The van der Waals surface area contributed by atoms with Crippen LogP contribution < -0.4 is 5.32 Å². The van der Waals surface area contributed by atoms with E-state index in [9.17, 15) is 13.6 Å². The SMILES string of the molecule is C=S(c1ccc(Cl)cc1)C(C)(C)C(=O)Nc1nc(-c2ccc(F)c(F)c2)cs1. The number of benzene rings is 2. The monoisotopic (exact) mass is 438 g/mol. The maximum absolute atomic E-state index is 13.4. The van der Waals surface area contributed by atoms with E-state index in [0.29, 0.717) is 21.4 Å². The third-order valence-corrected chi connectivity index (χ3v) is 7.47. The van der Waals surface area contributed by atoms with Crippen LogP contribution in [0.25, 0.3) is 11.3 Å². The van der Waals surface area contributed by atoms with Crippen LogP contribution in [-0.4, -0.2) is 21.5 Å². The summed E-state index contributed by atoms with van der Waals surface area (Å²) >= 11 is 7.14. The average molecular weight is 439 g/mol. The summed E-state index contributed by atoms with van der Waals surface area (Å²) in [4.78, 5) is 18.1. The van der Waals surface area contributed by atoms with Gasteiger partial charge in [-0.3, -0.25) is 4.79 Å². The topological polar surface area (TPSA) is 42.0 Å². The quantitative estimate of drug-likeness (QED) is 0.480. The molecule has 0 saturated carbocycles. The lowest BCUT2D eigenvalue weighted by atomic mass is 10.2. The molecule has 3 nitrogen and oxygen atoms in total. The predicted octanol–water partition coefficient (Wildman–Crippen LogP) is 6.22. The minimum absolute atomic E-state index is 0.230. The Morgan fingerprint density at radius 2 is 1.86 bits per heavy atom. The Bertz CT molecular complexity index is 1050. The number of halogens is 3. The number of hydrogen-bond acceptors (Lipinski definition) is 3. The predicted molar refractivity (Wildman–Crippen MR) is 115 cm³/mol. The molecule has 0 radical (unpaired) electrons. The molecule has 1 aromatic heterocycles. The summed E-state index contributed by atoms with van der Waals surface area (Å²) in [6.45, 7) is 3.63. The number of thiazole rings is 1. The number of carbonyl (C=O) groups excluding carboxylic acids is 1. The molecule has 0 saturated heterocycles. The van der Waals surface area contributed by atoms with Crippen LogP contribution in [0.5, 0.6) is 0 Å². The Morgan fingerprint density at radius 1 is 1.18 bits per heavy atom. The van der Waals surface area contributed by atoms with Gasteiger partial charge < -0.3 is 5.32 Å². The van der Waals surface area contributed by atoms with Crippen LogP contribution in [0.15, 0.2) is 52.7 Å². The van der Waals surface area contributed by atoms with Crippen LogP contribution in [-0.2, 0) is 4.79 Å². The maximum atomic E-state index is 13.4. The lowest BCUT2D eigenvalue weighted by Gasteiger charge is -2.27. The minimum atomic E-state index is -0.943. The molecular weight excluding hydrogens is 422 g/mol. The first-order valence-corrected chi connectivity index (χ1v) is 10.9. The van der Waals surface area contributed by atoms with E-state index in [4.69, 9.17) is 11.6 Å². The largest absolute Gasteiger partial charge is 0.301 e. The van der Waals surface area contributed by atoms with E-state index in [2.05, 4.69) is 16.2 Å². The van der Waals surface area contributed by atoms with Crippen molar-refractivity contribution < 1.29 is 13.6 Å². The zero-order valence-corrected chi connectivity index (χ0v) is 17.5. The number of rotatable bonds is 5. The number of nitrogens with one attached hydrogen (secondary N) is 1. The Balaban J connectivity index is 1.76. The summed E-state index contributed by atoms with van der Waals surface area (Å²) < 4.78 is 25.7. The molecule has 1 unspecified atom stereocenters. The van der Waals surface area contributed by atoms with Crippen molar-refractivity contribution in [2.45, 2.75) is 23.5 Å². The molecule has 0 aliphatic carbocycles. The number of amides is 1. The summed E-state index contributed by atoms with van der Waals surface area (Å²) in [5.74, 6) is 2.08. The second kappa shape index (κ2) is 8.11. The molecule has 1 atom stereocenters. The van der Waals surface area contributed by atoms with E-state index in [1.165, 1.54) is 17.4 Å². The zero-order chi connectivity index (χ0) is 20.5. The van der Waals surface area contributed by atoms with E-state index in [0.717, 1.165) is 17.0 Å². The van der Waals surface area contributed by atoms with Crippen molar-refractivity contribution in [1.82, 2.24) is 4.98 Å². The number of aromatic nitrogens is 1. The summed E-state index contributed by atoms with van der Waals surface area (Å²) in [6.07, 6.45) is 0. The number of anilines is 1. The highest BCUT2D eigenvalue weighted by Gasteiger charge is 2.31. The van der Waals surface area contributed by atoms with Crippen LogP contribution in [0.2, 0.25) is 5.02 Å². The minimum Gasteiger partial charge on any atom is -0.301 e. The highest BCUT2D eigenvalue weighted by Crippen LogP contribution is 2.40. The molecule has 3 rings (SSSR count). The van der Waals surface area contributed by atoms with Crippen LogP contribution in [0, 0.1) is 11.6 Å². The third kappa shape index (κ3) is 4.32. The van der Waals surface area contributed by atoms with Gasteiger partial charge in [0.05, 0.1) is 10.4 Å². The molecule has 0 spiro atoms. The second-order valence-corrected chi connectivity index (χ2v) is 10.0. The smallest absolute Gasteiger partial charge is 0.241 e. The molecule has 2 aromatic carbocycles. The number of carbonyl (C=O) groups is 1. The van der Waals surface area contributed by atoms with Crippen LogP contribution >= 0.6 is 33.4 Å². The van der Waals surface area contributed by atoms with Gasteiger partial charge in [-0.15, -0.1) is 21.8 Å². The van der Waals surface area contributed by atoms with Crippen molar-refractivity contribution in [1.29, 1.82) is 0 Å². The van der Waals surface area contributed by atoms with Gasteiger partial charge in [0.25, 0.3) is 0 Å². The zero-order valence-electron chi connectivity index (χ0n) is 15.1. The highest BCUT2D eigenvalue weighted by atomic mass is 35.5. The van der Waals surface area contributed by atoms with Crippen LogP contribution in [0.1, 0.15) is 13.8 Å². The van der Waals surface area contributed by atoms with Crippen molar-refractivity contribution in [3.05, 3.63) is 64.5 Å². The molecule has 146 valence electrons. The van der Waals surface area contributed by atoms with Crippen LogP contribution in [0.4, 0.5) is 13.9 Å². The van der Waals surface area contributed by atoms with Crippen molar-refractivity contribution in [2.75, 3.05) is 5.32 Å². The molecule has 0 bridgehead atoms. The van der Waals surface area contributed by atoms with Crippen molar-refractivity contribution in [3.63, 3.8) is 0 Å². The van der Waals surface area contributed by atoms with Gasteiger partial charge in [-0.05, 0) is 56.3 Å². The van der Waals surface area contributed by atoms with E-state index >= 15 is 0 Å². The molecule has 8 heteroatoms. The van der Waals surface area contributed by atoms with Gasteiger partial charge in [-0.2, -0.15) is 0 Å². The molecule has 0 aliphatic rings. The lowest BCUT2D eigenvalue weighted by molar-refractivity contribution is -0.117. The third-order valence-electron chi connectivity index (χ3n) is 4.20. The summed E-state index contributed by atoms with van der Waals surface area (Å²) in [7, 11) is -0.626. The van der Waals surface area contributed by atoms with Gasteiger partial charge in [0.2, 0.25) is 5.91 Å². The van der Waals surface area contributed by atoms with E-state index in [1.54, 1.807) is 17.5 Å². The first-order valence-electron chi connectivity index (χ1n) is 8.20. The Morgan fingerprint density at radius 3 is 2.50 bits per heavy atom. The van der Waals surface area contributed by atoms with Crippen LogP contribution in [0.3, 0.4) is 0 Å². The fourth-order valence-corrected chi connectivity index (χ4v) is 4.54. The van der Waals surface area contributed by atoms with Gasteiger partial charge in [-0.1, -0.05) is 17.5 Å². The van der Waals surface area contributed by atoms with Crippen molar-refractivity contribution >= 4 is 50.3 Å². The van der Waals surface area contributed by atoms with Gasteiger partial charge in [0.15, 0.2) is 16.8 Å². The maximum Gasteiger partial charge on any atom is 0.241 e. The van der Waals surface area contributed by atoms with Crippen molar-refractivity contribution in [3.8, 4) is 11.3 Å². The van der Waals surface area contributed by atoms with Crippen molar-refractivity contribution in [2.24, 2.45) is 0 Å². The van der Waals surface area contributed by atoms with Gasteiger partial charge >= 0.3 is 0 Å². The van der Waals surface area contributed by atoms with E-state index in [1.807, 2.05) is 26.0 Å². The van der Waals surface area contributed by atoms with E-state index in [-0.39, 0.29) is 5.91 Å². The number of hydrogen-bond donors (Lipinski definition) is 1. The Labute approximate surface area is 173 Å². The van der Waals surface area contributed by atoms with E-state index < -0.39 is 26.9 Å². The first-order chi connectivity index (χ1) is 13.2. The molecule has 28 heavy (non-hydrogen) atoms. The lowest BCUT2D eigenvalue weighted by Crippen LogP contribution is -2.35. The average Bonchev–Trinajstić information content (AvgIpc) is 3.12. The summed E-state index contributed by atoms with van der Waals surface area (Å²) in [5.41, 5.74) is 0.899. The highest BCUT2D eigenvalue weighted by molar-refractivity contribution is 8.16. The second-order valence-electron chi connectivity index (χ2n) is 6.48. The Hall–Kier alpha value is -2.09. The molecular formula is C20H17ClF2N2OS2. The fourth-order valence-electron chi connectivity index (χ4n) is 2.37. The first kappa shape index (κ1) is 20.6. The molecule has 0 fully saturated rings. The number of nitrogens with zero attached hydrogens (tertiary/aromatic N) is 1. The van der Waals surface area contributed by atoms with Gasteiger partial charge in [-0.25, -0.2) is 13.8 Å². The molecule has 1 heterocycles. The van der Waals surface area contributed by atoms with Gasteiger partial charge in [0.1, 0.15) is 0 Å². The molecule has 1 N–H and O–H groups in total.